The van der Waals surface area contributed by atoms with Crippen molar-refractivity contribution in [1.29, 1.82) is 0 Å². The summed E-state index contributed by atoms with van der Waals surface area (Å²) in [6, 6.07) is 22.9. The lowest BCUT2D eigenvalue weighted by Crippen LogP contribution is -2.43. The van der Waals surface area contributed by atoms with Gasteiger partial charge in [0, 0.05) is 132 Å². The van der Waals surface area contributed by atoms with Crippen molar-refractivity contribution >= 4 is 91.8 Å². The first kappa shape index (κ1) is 86.8. The van der Waals surface area contributed by atoms with E-state index in [0.29, 0.717) is 54.4 Å². The lowest BCUT2D eigenvalue weighted by molar-refractivity contribution is -0.384. The van der Waals surface area contributed by atoms with Crippen molar-refractivity contribution in [3.8, 4) is 46.1 Å². The van der Waals surface area contributed by atoms with E-state index in [1.807, 2.05) is 17.9 Å². The van der Waals surface area contributed by atoms with E-state index >= 15 is 0 Å². The number of nitrogens with zero attached hydrogens (tertiary/aromatic N) is 21. The molecular formula is C77H89ClF3N23O11Si2. The number of carbonyl (C=O) groups excluding carboxylic acids is 3. The average molecular weight is 1660 g/mol. The summed E-state index contributed by atoms with van der Waals surface area (Å²) in [4.78, 5) is 107. The van der Waals surface area contributed by atoms with Gasteiger partial charge in [-0.1, -0.05) is 60.1 Å². The van der Waals surface area contributed by atoms with Gasteiger partial charge in [0.1, 0.15) is 84.5 Å². The number of aromatic nitrogens is 18. The topological polar surface area (TPSA) is 390 Å². The van der Waals surface area contributed by atoms with Crippen molar-refractivity contribution in [2.45, 2.75) is 143 Å². The van der Waals surface area contributed by atoms with E-state index in [-0.39, 0.29) is 104 Å². The number of nitro groups is 2. The Labute approximate surface area is 677 Å². The van der Waals surface area contributed by atoms with E-state index in [2.05, 4.69) is 105 Å². The summed E-state index contributed by atoms with van der Waals surface area (Å²) in [5.41, 5.74) is 2.13. The third-order valence-electron chi connectivity index (χ3n) is 17.8. The van der Waals surface area contributed by atoms with Crippen LogP contribution in [0.4, 0.5) is 59.5 Å². The van der Waals surface area contributed by atoms with Crippen molar-refractivity contribution < 1.29 is 56.3 Å². The largest absolute Gasteiger partial charge is 0.464 e. The molecule has 1 aliphatic heterocycles. The number of anilines is 6. The normalized spacial score (nSPS) is 13.0. The number of aromatic amines is 2. The van der Waals surface area contributed by atoms with E-state index in [1.165, 1.54) is 57.0 Å². The lowest BCUT2D eigenvalue weighted by atomic mass is 9.96. The number of esters is 2. The van der Waals surface area contributed by atoms with Crippen molar-refractivity contribution in [1.82, 2.24) is 88.7 Å². The molecule has 1 aliphatic rings. The number of ether oxygens (including phenoxy) is 4. The number of halogens is 4. The molecule has 0 amide bonds. The molecule has 13 rings (SSSR count). The predicted molar refractivity (Wildman–Crippen MR) is 435 cm³/mol. The van der Waals surface area contributed by atoms with E-state index in [1.54, 1.807) is 146 Å². The number of carbonyl (C=O) groups is 3. The second kappa shape index (κ2) is 40.1. The first-order valence-electron chi connectivity index (χ1n) is 37.4. The fourth-order valence-corrected chi connectivity index (χ4v) is 13.6. The number of hydrogen-bond acceptors (Lipinski definition) is 26. The molecule has 34 nitrogen and oxygen atoms in total. The molecule has 614 valence electrons. The maximum atomic E-state index is 13.6. The smallest absolute Gasteiger partial charge is 0.330 e. The van der Waals surface area contributed by atoms with E-state index in [9.17, 15) is 47.8 Å². The first-order valence-corrected chi connectivity index (χ1v) is 45.2. The number of ketones is 1. The highest BCUT2D eigenvalue weighted by molar-refractivity contribution is 6.76. The Kier molecular flexibility index (Phi) is 29.8. The maximum absolute atomic E-state index is 13.6. The summed E-state index contributed by atoms with van der Waals surface area (Å²) in [5, 5.41) is 39.7. The van der Waals surface area contributed by atoms with Crippen LogP contribution < -0.4 is 14.7 Å². The number of benzene rings is 3. The standard InChI is InChI=1S/C28H35FN8O5Si.C21H18FN7O.C19H29ClN6O5Si.C9H7FN2/c1-6-22(27(38)42-7-2)36(24-12-14-34(33-24)19-41-16-17-43(3,4)5)26-23(37(39)40)18-31-28(32-26)35-15-13-30-25(35)20-8-10-21(29)11-9-20;1-2-16-17(30)11-14-12-24-21(26-20(14)29(16)18-7-8-25-27-18)28-10-9-23-19(28)13-3-5-15(22)6-4-13;1-6-14(18(27)31-7-2)25(17-15(26(28)29)12-21-19(20)22-17)16-8-9-24(23-16)13-30-10-11-32(3,4)5;10-8-3-1-7(2-4-8)9-11-5-6-12-9/h8-15,18,22H,6-7,16-17,19H2,1-5H3;3-10,12,16H,2,11H2,1H3,(H,25,27);8-9,12,14H,6-7,10-11,13H2,1-5H3;1-6H,(H,11,12). The number of hydrogen-bond donors (Lipinski definition) is 2. The van der Waals surface area contributed by atoms with Crippen LogP contribution in [-0.2, 0) is 53.2 Å². The molecule has 0 radical (unpaired) electrons. The van der Waals surface area contributed by atoms with Crippen molar-refractivity contribution in [2.24, 2.45) is 0 Å². The van der Waals surface area contributed by atoms with Crippen LogP contribution in [0.5, 0.6) is 0 Å². The molecular weight excluding hydrogens is 1570 g/mol. The molecule has 0 saturated carbocycles. The average Bonchev–Trinajstić information content (AvgIpc) is 1.74. The Morgan fingerprint density at radius 3 is 1.50 bits per heavy atom. The van der Waals surface area contributed by atoms with Crippen LogP contribution in [0, 0.1) is 37.7 Å². The molecule has 40 heteroatoms. The van der Waals surface area contributed by atoms with Gasteiger partial charge in [0.25, 0.3) is 0 Å². The van der Waals surface area contributed by atoms with Gasteiger partial charge in [0.2, 0.25) is 28.8 Å². The quantitative estimate of drug-likeness (QED) is 0.0102. The van der Waals surface area contributed by atoms with Crippen LogP contribution in [0.1, 0.15) is 59.4 Å². The van der Waals surface area contributed by atoms with Crippen LogP contribution in [0.25, 0.3) is 46.1 Å². The van der Waals surface area contributed by atoms with Gasteiger partial charge >= 0.3 is 23.3 Å². The van der Waals surface area contributed by atoms with E-state index in [0.717, 1.165) is 47.0 Å². The fourth-order valence-electron chi connectivity index (χ4n) is 11.9. The first-order chi connectivity index (χ1) is 56.1. The lowest BCUT2D eigenvalue weighted by Gasteiger charge is -2.35. The molecule has 9 aromatic heterocycles. The molecule has 3 atom stereocenters. The number of rotatable bonds is 31. The summed E-state index contributed by atoms with van der Waals surface area (Å²) in [6.45, 7) is 24.3. The Morgan fingerprint density at radius 2 is 1.06 bits per heavy atom. The third kappa shape index (κ3) is 22.7. The summed E-state index contributed by atoms with van der Waals surface area (Å²) < 4.78 is 67.8. The van der Waals surface area contributed by atoms with Gasteiger partial charge in [-0.25, -0.2) is 62.0 Å². The van der Waals surface area contributed by atoms with Crippen molar-refractivity contribution in [3.63, 3.8) is 0 Å². The second-order valence-electron chi connectivity index (χ2n) is 28.6. The molecule has 12 aromatic rings. The van der Waals surface area contributed by atoms with Gasteiger partial charge in [-0.05, 0) is 130 Å². The van der Waals surface area contributed by atoms with E-state index < -0.39 is 67.2 Å². The van der Waals surface area contributed by atoms with Crippen molar-refractivity contribution in [3.05, 3.63) is 214 Å². The summed E-state index contributed by atoms with van der Waals surface area (Å²) >= 11 is 5.94. The van der Waals surface area contributed by atoms with Gasteiger partial charge in [0.05, 0.1) is 35.3 Å². The van der Waals surface area contributed by atoms with Crippen LogP contribution in [0.3, 0.4) is 0 Å². The molecule has 0 fully saturated rings. The zero-order valence-corrected chi connectivity index (χ0v) is 69.0. The minimum Gasteiger partial charge on any atom is -0.464 e. The minimum absolute atomic E-state index is 0.0512. The predicted octanol–water partition coefficient (Wildman–Crippen LogP) is 14.8. The summed E-state index contributed by atoms with van der Waals surface area (Å²) in [7, 11) is -2.50. The fraction of sp³-hybridized carbons (Fsp3) is 0.338. The number of imidazole rings is 3. The molecule has 0 saturated heterocycles. The van der Waals surface area contributed by atoms with Gasteiger partial charge < -0.3 is 28.8 Å². The van der Waals surface area contributed by atoms with Crippen LogP contribution >= 0.6 is 11.6 Å². The van der Waals surface area contributed by atoms with Crippen LogP contribution in [-0.4, -0.2) is 177 Å². The van der Waals surface area contributed by atoms with Gasteiger partial charge in [-0.3, -0.25) is 49.1 Å². The Bertz CT molecular complexity index is 5280. The summed E-state index contributed by atoms with van der Waals surface area (Å²) in [6.07, 6.45) is 20.1. The Hall–Kier alpha value is -12.6. The number of nitrogens with one attached hydrogen (secondary N) is 2. The number of fused-ring (bicyclic) bond motifs is 1. The molecule has 3 unspecified atom stereocenters. The third-order valence-corrected chi connectivity index (χ3v) is 21.4. The van der Waals surface area contributed by atoms with E-state index in [4.69, 9.17) is 35.5 Å². The number of H-pyrrole nitrogens is 2. The molecule has 10 heterocycles. The maximum Gasteiger partial charge on any atom is 0.330 e. The summed E-state index contributed by atoms with van der Waals surface area (Å²) in [5.74, 6) is 1.82. The van der Waals surface area contributed by atoms with Crippen LogP contribution in [0.15, 0.2) is 165 Å². The van der Waals surface area contributed by atoms with Gasteiger partial charge in [0.15, 0.2) is 17.4 Å². The highest BCUT2D eigenvalue weighted by Crippen LogP contribution is 2.39. The monoisotopic (exact) mass is 1660 g/mol. The molecule has 3 aromatic carbocycles. The highest BCUT2D eigenvalue weighted by atomic mass is 35.5. The highest BCUT2D eigenvalue weighted by Gasteiger charge is 2.39. The molecule has 117 heavy (non-hydrogen) atoms. The van der Waals surface area contributed by atoms with Crippen molar-refractivity contribution in [2.75, 3.05) is 41.1 Å². The SMILES string of the molecule is CCC1C(=O)Cc2cnc(-n3ccnc3-c3ccc(F)cc3)nc2N1c1ccn[nH]1.CCOC(=O)C(CC)N(c1ccn(COCC[Si](C)(C)C)n1)c1nc(-n2ccnc2-c2ccc(F)cc2)ncc1[N+](=O)[O-].CCOC(=O)C(CC)N(c1ccn(COCC[Si](C)(C)C)n1)c1nc(Cl)ncc1[N+](=O)[O-].Fc1ccc(-c2ncc[nH]2)cc1. The zero-order valence-electron chi connectivity index (χ0n) is 66.2. The molecule has 0 bridgehead atoms. The Morgan fingerprint density at radius 1 is 0.590 bits per heavy atom. The molecule has 0 aliphatic carbocycles. The van der Waals surface area contributed by atoms with Crippen LogP contribution in [0.2, 0.25) is 56.7 Å². The number of Topliss-reactive ketones (excluding diaryl/α,β-unsaturated/α-hetero) is 1. The molecule has 2 N–H and O–H groups in total. The Balaban J connectivity index is 0.000000175. The molecule has 0 spiro atoms. The van der Waals surface area contributed by atoms with Gasteiger partial charge in [-0.15, -0.1) is 0 Å². The van der Waals surface area contributed by atoms with Gasteiger partial charge in [-0.2, -0.15) is 30.2 Å². The zero-order chi connectivity index (χ0) is 84.1. The second-order valence-corrected chi connectivity index (χ2v) is 40.1. The minimum atomic E-state index is -1.28.